The average Bonchev–Trinajstić information content (AvgIpc) is 2.65. The molecule has 0 spiro atoms. The van der Waals surface area contributed by atoms with Crippen molar-refractivity contribution in [3.8, 4) is 0 Å². The summed E-state index contributed by atoms with van der Waals surface area (Å²) in [7, 11) is 0. The van der Waals surface area contributed by atoms with E-state index in [1.807, 2.05) is 18.2 Å². The maximum atomic E-state index is 10.3. The Morgan fingerprint density at radius 3 is 2.68 bits per heavy atom. The van der Waals surface area contributed by atoms with Gasteiger partial charge in [-0.2, -0.15) is 0 Å². The molecule has 2 N–H and O–H groups in total. The maximum Gasteiger partial charge on any atom is 0.0604 e. The van der Waals surface area contributed by atoms with Crippen LogP contribution in [0.2, 0.25) is 0 Å². The van der Waals surface area contributed by atoms with Gasteiger partial charge in [0.2, 0.25) is 0 Å². The van der Waals surface area contributed by atoms with Gasteiger partial charge in [0.15, 0.2) is 0 Å². The van der Waals surface area contributed by atoms with Crippen LogP contribution in [0.5, 0.6) is 0 Å². The van der Waals surface area contributed by atoms with Crippen molar-refractivity contribution in [1.29, 1.82) is 0 Å². The van der Waals surface area contributed by atoms with E-state index in [-0.39, 0.29) is 12.1 Å². The molecule has 2 aromatic carbocycles. The highest BCUT2D eigenvalue weighted by molar-refractivity contribution is 5.60. The van der Waals surface area contributed by atoms with Gasteiger partial charge in [-0.15, -0.1) is 0 Å². The molecule has 0 amide bonds. The number of hydrogen-bond acceptors (Lipinski definition) is 2. The number of aryl methyl sites for hydroxylation is 2. The summed E-state index contributed by atoms with van der Waals surface area (Å²) in [6.07, 6.45) is 5.44. The lowest BCUT2D eigenvalue weighted by Gasteiger charge is -2.16. The van der Waals surface area contributed by atoms with Crippen molar-refractivity contribution in [2.75, 3.05) is 5.32 Å². The summed E-state index contributed by atoms with van der Waals surface area (Å²) in [6.45, 7) is 4.24. The summed E-state index contributed by atoms with van der Waals surface area (Å²) < 4.78 is 0. The first kappa shape index (κ1) is 14.9. The SMILES string of the molecule is Cc1cc(C)c2c(c1)N[C@H](/C=C/c1ccccc1)C[C@H](O)C2. The van der Waals surface area contributed by atoms with E-state index in [9.17, 15) is 5.11 Å². The molecule has 2 nitrogen and oxygen atoms in total. The quantitative estimate of drug-likeness (QED) is 0.873. The monoisotopic (exact) mass is 293 g/mol. The van der Waals surface area contributed by atoms with Crippen molar-refractivity contribution in [3.63, 3.8) is 0 Å². The second kappa shape index (κ2) is 6.37. The minimum Gasteiger partial charge on any atom is -0.393 e. The van der Waals surface area contributed by atoms with Gasteiger partial charge >= 0.3 is 0 Å². The molecule has 114 valence electrons. The summed E-state index contributed by atoms with van der Waals surface area (Å²) in [5.74, 6) is 0. The zero-order valence-corrected chi connectivity index (χ0v) is 13.2. The Labute approximate surface area is 132 Å². The van der Waals surface area contributed by atoms with Gasteiger partial charge < -0.3 is 10.4 Å². The number of nitrogens with one attached hydrogen (secondary N) is 1. The molecule has 0 aromatic heterocycles. The molecule has 0 unspecified atom stereocenters. The number of hydrogen-bond donors (Lipinski definition) is 2. The molecule has 2 aromatic rings. The zero-order valence-electron chi connectivity index (χ0n) is 13.2. The predicted octanol–water partition coefficient (Wildman–Crippen LogP) is 4.10. The van der Waals surface area contributed by atoms with Gasteiger partial charge in [0.1, 0.15) is 0 Å². The zero-order chi connectivity index (χ0) is 15.5. The molecule has 1 aliphatic rings. The average molecular weight is 293 g/mol. The fraction of sp³-hybridized carbons (Fsp3) is 0.300. The first-order valence-electron chi connectivity index (χ1n) is 7.90. The van der Waals surface area contributed by atoms with Gasteiger partial charge in [-0.3, -0.25) is 0 Å². The molecule has 0 bridgehead atoms. The topological polar surface area (TPSA) is 32.3 Å². The Morgan fingerprint density at radius 1 is 1.14 bits per heavy atom. The third kappa shape index (κ3) is 3.40. The van der Waals surface area contributed by atoms with Crippen molar-refractivity contribution in [1.82, 2.24) is 0 Å². The van der Waals surface area contributed by atoms with E-state index in [2.05, 4.69) is 55.6 Å². The molecule has 3 rings (SSSR count). The summed E-state index contributed by atoms with van der Waals surface area (Å²) in [6, 6.07) is 14.8. The second-order valence-corrected chi connectivity index (χ2v) is 6.22. The molecule has 0 aliphatic carbocycles. The van der Waals surface area contributed by atoms with Crippen LogP contribution in [0.25, 0.3) is 6.08 Å². The number of aliphatic hydroxyl groups excluding tert-OH is 1. The fourth-order valence-electron chi connectivity index (χ4n) is 3.19. The molecule has 22 heavy (non-hydrogen) atoms. The van der Waals surface area contributed by atoms with E-state index in [0.29, 0.717) is 0 Å². The van der Waals surface area contributed by atoms with E-state index >= 15 is 0 Å². The first-order valence-corrected chi connectivity index (χ1v) is 7.90. The Bertz CT molecular complexity index is 676. The summed E-state index contributed by atoms with van der Waals surface area (Å²) in [5, 5.41) is 13.9. The van der Waals surface area contributed by atoms with Crippen LogP contribution < -0.4 is 5.32 Å². The number of aliphatic hydroxyl groups is 1. The Kier molecular flexibility index (Phi) is 4.30. The molecule has 0 saturated carbocycles. The lowest BCUT2D eigenvalue weighted by atomic mass is 9.98. The van der Waals surface area contributed by atoms with Crippen molar-refractivity contribution in [2.24, 2.45) is 0 Å². The van der Waals surface area contributed by atoms with Gasteiger partial charge in [-0.25, -0.2) is 0 Å². The summed E-state index contributed by atoms with van der Waals surface area (Å²) >= 11 is 0. The number of benzene rings is 2. The molecule has 2 atom stereocenters. The summed E-state index contributed by atoms with van der Waals surface area (Å²) in [5.41, 5.74) is 6.11. The largest absolute Gasteiger partial charge is 0.393 e. The van der Waals surface area contributed by atoms with Gasteiger partial charge in [-0.1, -0.05) is 48.6 Å². The number of anilines is 1. The van der Waals surface area contributed by atoms with Gasteiger partial charge in [-0.05, 0) is 48.6 Å². The maximum absolute atomic E-state index is 10.3. The lowest BCUT2D eigenvalue weighted by Crippen LogP contribution is -2.21. The molecule has 0 radical (unpaired) electrons. The Morgan fingerprint density at radius 2 is 1.91 bits per heavy atom. The van der Waals surface area contributed by atoms with Crippen molar-refractivity contribution < 1.29 is 5.11 Å². The van der Waals surface area contributed by atoms with Crippen LogP contribution in [0.1, 0.15) is 28.7 Å². The fourth-order valence-corrected chi connectivity index (χ4v) is 3.19. The van der Waals surface area contributed by atoms with E-state index in [1.54, 1.807) is 0 Å². The molecule has 1 heterocycles. The highest BCUT2D eigenvalue weighted by Gasteiger charge is 2.21. The molecular formula is C20H23NO. The molecule has 0 fully saturated rings. The van der Waals surface area contributed by atoms with E-state index in [1.165, 1.54) is 22.3 Å². The van der Waals surface area contributed by atoms with Crippen molar-refractivity contribution >= 4 is 11.8 Å². The lowest BCUT2D eigenvalue weighted by molar-refractivity contribution is 0.165. The van der Waals surface area contributed by atoms with Crippen LogP contribution in [-0.4, -0.2) is 17.3 Å². The smallest absolute Gasteiger partial charge is 0.0604 e. The van der Waals surface area contributed by atoms with Crippen molar-refractivity contribution in [2.45, 2.75) is 38.8 Å². The molecule has 1 aliphatic heterocycles. The van der Waals surface area contributed by atoms with E-state index in [4.69, 9.17) is 0 Å². The number of rotatable bonds is 2. The first-order chi connectivity index (χ1) is 10.6. The van der Waals surface area contributed by atoms with Crippen LogP contribution >= 0.6 is 0 Å². The Hall–Kier alpha value is -2.06. The van der Waals surface area contributed by atoms with Gasteiger partial charge in [0.25, 0.3) is 0 Å². The third-order valence-corrected chi connectivity index (χ3v) is 4.24. The van der Waals surface area contributed by atoms with Crippen LogP contribution in [0.3, 0.4) is 0 Å². The van der Waals surface area contributed by atoms with Crippen LogP contribution in [0, 0.1) is 13.8 Å². The predicted molar refractivity (Wildman–Crippen MR) is 93.1 cm³/mol. The van der Waals surface area contributed by atoms with Crippen molar-refractivity contribution in [3.05, 3.63) is 70.8 Å². The van der Waals surface area contributed by atoms with Gasteiger partial charge in [0.05, 0.1) is 6.10 Å². The normalized spacial score (nSPS) is 21.2. The minimum atomic E-state index is -0.305. The van der Waals surface area contributed by atoms with Gasteiger partial charge in [0, 0.05) is 18.2 Å². The molecular weight excluding hydrogens is 270 g/mol. The minimum absolute atomic E-state index is 0.151. The third-order valence-electron chi connectivity index (χ3n) is 4.24. The number of fused-ring (bicyclic) bond motifs is 1. The summed E-state index contributed by atoms with van der Waals surface area (Å²) in [4.78, 5) is 0. The van der Waals surface area contributed by atoms with E-state index < -0.39 is 0 Å². The van der Waals surface area contributed by atoms with Crippen LogP contribution in [0.4, 0.5) is 5.69 Å². The molecule has 0 saturated heterocycles. The Balaban J connectivity index is 1.86. The van der Waals surface area contributed by atoms with E-state index in [0.717, 1.165) is 18.5 Å². The van der Waals surface area contributed by atoms with Crippen LogP contribution in [-0.2, 0) is 6.42 Å². The highest BCUT2D eigenvalue weighted by Crippen LogP contribution is 2.29. The van der Waals surface area contributed by atoms with Crippen LogP contribution in [0.15, 0.2) is 48.5 Å². The molecule has 2 heteroatoms. The standard InChI is InChI=1S/C20H23NO/c1-14-10-15(2)19-13-18(22)12-17(21-20(19)11-14)9-8-16-6-4-3-5-7-16/h3-11,17-18,21-22H,12-13H2,1-2H3/b9-8+/t17-,18+/m1/s1. The second-order valence-electron chi connectivity index (χ2n) is 6.22. The highest BCUT2D eigenvalue weighted by atomic mass is 16.3.